The monoisotopic (exact) mass is 299 g/mol. The van der Waals surface area contributed by atoms with Gasteiger partial charge in [0.2, 0.25) is 5.91 Å². The normalized spacial score (nSPS) is 16.5. The highest BCUT2D eigenvalue weighted by atomic mass is 16.3. The molecule has 1 saturated heterocycles. The molecule has 3 heteroatoms. The number of benzene rings is 1. The molecule has 1 aliphatic heterocycles. The number of hydrogen-bond donors (Lipinski definition) is 0. The lowest BCUT2D eigenvalue weighted by atomic mass is 10.0. The number of hydrogen-bond acceptors (Lipinski definition) is 2. The van der Waals surface area contributed by atoms with Crippen LogP contribution in [-0.4, -0.2) is 23.9 Å². The standard InChI is InChI=1S/C19H25NO2/c1-14-10-17-16(13-22-18(17)11-15(14)2)12-19(21)20-8-6-4-3-5-7-9-20/h10-11,13H,3-9,12H2,1-2H3. The predicted octanol–water partition coefficient (Wildman–Crippen LogP) is 4.38. The number of aryl methyl sites for hydroxylation is 2. The summed E-state index contributed by atoms with van der Waals surface area (Å²) in [6, 6.07) is 4.21. The van der Waals surface area contributed by atoms with E-state index in [0.29, 0.717) is 6.42 Å². The first-order chi connectivity index (χ1) is 10.6. The van der Waals surface area contributed by atoms with E-state index in [1.807, 2.05) is 4.90 Å². The average molecular weight is 299 g/mol. The zero-order chi connectivity index (χ0) is 15.5. The Bertz CT molecular complexity index is 663. The van der Waals surface area contributed by atoms with E-state index < -0.39 is 0 Å². The smallest absolute Gasteiger partial charge is 0.227 e. The largest absolute Gasteiger partial charge is 0.464 e. The van der Waals surface area contributed by atoms with Gasteiger partial charge in [-0.2, -0.15) is 0 Å². The molecule has 1 fully saturated rings. The van der Waals surface area contributed by atoms with Crippen molar-refractivity contribution >= 4 is 16.9 Å². The van der Waals surface area contributed by atoms with Crippen LogP contribution in [0.1, 0.15) is 48.8 Å². The van der Waals surface area contributed by atoms with Crippen LogP contribution in [-0.2, 0) is 11.2 Å². The number of amides is 1. The van der Waals surface area contributed by atoms with Crippen LogP contribution < -0.4 is 0 Å². The summed E-state index contributed by atoms with van der Waals surface area (Å²) in [6.07, 6.45) is 8.29. The van der Waals surface area contributed by atoms with E-state index in [2.05, 4.69) is 26.0 Å². The van der Waals surface area contributed by atoms with E-state index >= 15 is 0 Å². The van der Waals surface area contributed by atoms with Gasteiger partial charge in [-0.15, -0.1) is 0 Å². The van der Waals surface area contributed by atoms with Crippen LogP contribution in [0.25, 0.3) is 11.0 Å². The number of fused-ring (bicyclic) bond motifs is 1. The first-order valence-corrected chi connectivity index (χ1v) is 8.40. The van der Waals surface area contributed by atoms with Gasteiger partial charge in [-0.1, -0.05) is 19.3 Å². The van der Waals surface area contributed by atoms with Gasteiger partial charge in [0.25, 0.3) is 0 Å². The molecule has 22 heavy (non-hydrogen) atoms. The van der Waals surface area contributed by atoms with Crippen LogP contribution in [0.2, 0.25) is 0 Å². The molecule has 0 unspecified atom stereocenters. The molecule has 1 aromatic carbocycles. The predicted molar refractivity (Wildman–Crippen MR) is 89.1 cm³/mol. The third kappa shape index (κ3) is 3.18. The number of likely N-dealkylation sites (tertiary alicyclic amines) is 1. The van der Waals surface area contributed by atoms with Gasteiger partial charge in [0.1, 0.15) is 5.58 Å². The van der Waals surface area contributed by atoms with Crippen LogP contribution in [0.5, 0.6) is 0 Å². The van der Waals surface area contributed by atoms with E-state index in [0.717, 1.165) is 42.5 Å². The summed E-state index contributed by atoms with van der Waals surface area (Å²) in [7, 11) is 0. The molecule has 0 radical (unpaired) electrons. The summed E-state index contributed by atoms with van der Waals surface area (Å²) in [5, 5.41) is 1.09. The zero-order valence-corrected chi connectivity index (χ0v) is 13.7. The topological polar surface area (TPSA) is 33.5 Å². The molecule has 0 bridgehead atoms. The van der Waals surface area contributed by atoms with Crippen molar-refractivity contribution in [1.82, 2.24) is 4.90 Å². The fourth-order valence-electron chi connectivity index (χ4n) is 3.24. The molecule has 0 N–H and O–H groups in total. The Labute approximate surface area is 132 Å². The van der Waals surface area contributed by atoms with Crippen molar-refractivity contribution in [3.05, 3.63) is 35.1 Å². The highest BCUT2D eigenvalue weighted by molar-refractivity contribution is 5.88. The van der Waals surface area contributed by atoms with Crippen LogP contribution in [0.3, 0.4) is 0 Å². The highest BCUT2D eigenvalue weighted by Gasteiger charge is 2.18. The maximum atomic E-state index is 12.6. The van der Waals surface area contributed by atoms with Gasteiger partial charge in [0, 0.05) is 24.0 Å². The number of nitrogens with zero attached hydrogens (tertiary/aromatic N) is 1. The Balaban J connectivity index is 1.77. The van der Waals surface area contributed by atoms with Crippen molar-refractivity contribution in [3.8, 4) is 0 Å². The molecule has 2 aromatic rings. The number of furan rings is 1. The van der Waals surface area contributed by atoms with Crippen LogP contribution in [0.4, 0.5) is 0 Å². The fraction of sp³-hybridized carbons (Fsp3) is 0.526. The molecular weight excluding hydrogens is 274 g/mol. The molecule has 3 rings (SSSR count). The van der Waals surface area contributed by atoms with E-state index in [1.165, 1.54) is 30.4 Å². The van der Waals surface area contributed by atoms with E-state index in [9.17, 15) is 4.79 Å². The molecule has 0 saturated carbocycles. The van der Waals surface area contributed by atoms with Crippen molar-refractivity contribution < 1.29 is 9.21 Å². The first-order valence-electron chi connectivity index (χ1n) is 8.40. The second-order valence-corrected chi connectivity index (χ2v) is 6.52. The Morgan fingerprint density at radius 1 is 1.05 bits per heavy atom. The molecule has 1 aliphatic rings. The lowest BCUT2D eigenvalue weighted by Crippen LogP contribution is -2.34. The SMILES string of the molecule is Cc1cc2occ(CC(=O)N3CCCCCCC3)c2cc1C. The average Bonchev–Trinajstić information content (AvgIpc) is 2.81. The van der Waals surface area contributed by atoms with Crippen molar-refractivity contribution in [2.75, 3.05) is 13.1 Å². The summed E-state index contributed by atoms with van der Waals surface area (Å²) < 4.78 is 5.65. The van der Waals surface area contributed by atoms with E-state index in [-0.39, 0.29) is 5.91 Å². The Kier molecular flexibility index (Phi) is 4.51. The van der Waals surface area contributed by atoms with Crippen LogP contribution in [0.15, 0.2) is 22.8 Å². The summed E-state index contributed by atoms with van der Waals surface area (Å²) in [6.45, 7) is 6.01. The van der Waals surface area contributed by atoms with Gasteiger partial charge in [0.15, 0.2) is 0 Å². The molecule has 1 amide bonds. The van der Waals surface area contributed by atoms with Crippen LogP contribution in [0, 0.1) is 13.8 Å². The van der Waals surface area contributed by atoms with Gasteiger partial charge in [-0.05, 0) is 49.9 Å². The van der Waals surface area contributed by atoms with E-state index in [4.69, 9.17) is 4.42 Å². The summed E-state index contributed by atoms with van der Waals surface area (Å²) in [5.74, 6) is 0.239. The Morgan fingerprint density at radius 2 is 1.68 bits per heavy atom. The molecule has 0 spiro atoms. The minimum Gasteiger partial charge on any atom is -0.464 e. The Morgan fingerprint density at radius 3 is 2.41 bits per heavy atom. The van der Waals surface area contributed by atoms with Crippen molar-refractivity contribution in [2.45, 2.75) is 52.4 Å². The summed E-state index contributed by atoms with van der Waals surface area (Å²) >= 11 is 0. The maximum absolute atomic E-state index is 12.6. The van der Waals surface area contributed by atoms with Gasteiger partial charge < -0.3 is 9.32 Å². The summed E-state index contributed by atoms with van der Waals surface area (Å²) in [4.78, 5) is 14.7. The second-order valence-electron chi connectivity index (χ2n) is 6.52. The number of rotatable bonds is 2. The fourth-order valence-corrected chi connectivity index (χ4v) is 3.24. The first kappa shape index (κ1) is 15.1. The van der Waals surface area contributed by atoms with Crippen LogP contribution >= 0.6 is 0 Å². The number of carbonyl (C=O) groups is 1. The minimum atomic E-state index is 0.239. The molecule has 118 valence electrons. The Hall–Kier alpha value is -1.77. The van der Waals surface area contributed by atoms with Gasteiger partial charge >= 0.3 is 0 Å². The molecule has 2 heterocycles. The van der Waals surface area contributed by atoms with Crippen molar-refractivity contribution in [3.63, 3.8) is 0 Å². The van der Waals surface area contributed by atoms with Gasteiger partial charge in [0.05, 0.1) is 12.7 Å². The highest BCUT2D eigenvalue weighted by Crippen LogP contribution is 2.25. The molecular formula is C19H25NO2. The maximum Gasteiger partial charge on any atom is 0.227 e. The molecule has 1 aromatic heterocycles. The van der Waals surface area contributed by atoms with Crippen molar-refractivity contribution in [2.24, 2.45) is 0 Å². The zero-order valence-electron chi connectivity index (χ0n) is 13.7. The van der Waals surface area contributed by atoms with E-state index in [1.54, 1.807) is 6.26 Å². The van der Waals surface area contributed by atoms with Gasteiger partial charge in [-0.25, -0.2) is 0 Å². The molecule has 0 aliphatic carbocycles. The molecule has 3 nitrogen and oxygen atoms in total. The second kappa shape index (κ2) is 6.55. The van der Waals surface area contributed by atoms with Gasteiger partial charge in [-0.3, -0.25) is 4.79 Å². The molecule has 0 atom stereocenters. The minimum absolute atomic E-state index is 0.239. The third-order valence-corrected chi connectivity index (χ3v) is 4.82. The number of carbonyl (C=O) groups excluding carboxylic acids is 1. The lowest BCUT2D eigenvalue weighted by molar-refractivity contribution is -0.130. The van der Waals surface area contributed by atoms with Crippen molar-refractivity contribution in [1.29, 1.82) is 0 Å². The lowest BCUT2D eigenvalue weighted by Gasteiger charge is -2.24. The summed E-state index contributed by atoms with van der Waals surface area (Å²) in [5.41, 5.74) is 4.38. The quantitative estimate of drug-likeness (QED) is 0.824. The third-order valence-electron chi connectivity index (χ3n) is 4.82.